The second-order valence-corrected chi connectivity index (χ2v) is 24.6. The van der Waals surface area contributed by atoms with E-state index in [0.717, 1.165) is 0 Å². The van der Waals surface area contributed by atoms with Gasteiger partial charge in [-0.3, -0.25) is 0 Å². The zero-order valence-corrected chi connectivity index (χ0v) is 40.6. The molecule has 0 radical (unpaired) electrons. The van der Waals surface area contributed by atoms with E-state index < -0.39 is 0 Å². The molecule has 4 heteroatoms. The number of thiophene rings is 1. The number of aryl methyl sites for hydroxylation is 2. The first-order valence-corrected chi connectivity index (χ1v) is 24.1. The van der Waals surface area contributed by atoms with Gasteiger partial charge in [-0.15, -0.1) is 11.3 Å². The van der Waals surface area contributed by atoms with Crippen LogP contribution in [0.25, 0.3) is 10.1 Å². The van der Waals surface area contributed by atoms with Gasteiger partial charge in [-0.1, -0.05) is 126 Å². The standard InChI is InChI=1S/C57H67BN2S/c1-33(2)36-27-47-50-48(28-36)60(45-21-16-34(3)26-35(45)4)46-31-42-41(55(10,11)23-24-56(42,12)13)30-44(46)58(50)52-51(59(47)38-19-17-37(18-20-38)53(5,6)7)39-29-40-43(32-49(39)61-52)57(14,15)25-22-54(40,8)9/h16-21,26-33H,22-25H2,1-15H3. The molecule has 61 heavy (non-hydrogen) atoms. The minimum Gasteiger partial charge on any atom is -0.311 e. The molecule has 0 unspecified atom stereocenters. The fraction of sp³-hybridized carbons (Fsp3) is 0.439. The average molecular weight is 823 g/mol. The van der Waals surface area contributed by atoms with Gasteiger partial charge in [0.15, 0.2) is 0 Å². The molecular weight excluding hydrogens is 756 g/mol. The molecule has 0 spiro atoms. The van der Waals surface area contributed by atoms with Gasteiger partial charge in [-0.25, -0.2) is 0 Å². The third-order valence-corrected chi connectivity index (χ3v) is 17.1. The highest BCUT2D eigenvalue weighted by atomic mass is 32.1. The average Bonchev–Trinajstić information content (AvgIpc) is 3.56. The van der Waals surface area contributed by atoms with Crippen LogP contribution in [0.2, 0.25) is 0 Å². The van der Waals surface area contributed by atoms with E-state index in [0.29, 0.717) is 5.92 Å². The third-order valence-electron chi connectivity index (χ3n) is 15.9. The molecule has 314 valence electrons. The molecule has 3 heterocycles. The highest BCUT2D eigenvalue weighted by molar-refractivity contribution is 7.33. The van der Waals surface area contributed by atoms with Crippen molar-refractivity contribution in [2.24, 2.45) is 0 Å². The van der Waals surface area contributed by atoms with Crippen molar-refractivity contribution < 1.29 is 0 Å². The summed E-state index contributed by atoms with van der Waals surface area (Å²) >= 11 is 2.07. The number of hydrogen-bond donors (Lipinski definition) is 0. The molecule has 1 aromatic heterocycles. The van der Waals surface area contributed by atoms with Crippen molar-refractivity contribution in [3.8, 4) is 0 Å². The third kappa shape index (κ3) is 6.07. The number of hydrogen-bond acceptors (Lipinski definition) is 3. The molecule has 0 N–H and O–H groups in total. The van der Waals surface area contributed by atoms with Crippen molar-refractivity contribution in [2.45, 2.75) is 163 Å². The lowest BCUT2D eigenvalue weighted by atomic mass is 9.35. The second kappa shape index (κ2) is 13.1. The Labute approximate surface area is 371 Å². The van der Waals surface area contributed by atoms with Gasteiger partial charge in [0.05, 0.1) is 5.69 Å². The van der Waals surface area contributed by atoms with Crippen molar-refractivity contribution >= 4 is 78.0 Å². The summed E-state index contributed by atoms with van der Waals surface area (Å²) in [5, 5.41) is 1.41. The first-order valence-electron chi connectivity index (χ1n) is 23.2. The molecule has 0 saturated heterocycles. The van der Waals surface area contributed by atoms with Crippen LogP contribution in [-0.2, 0) is 27.1 Å². The molecule has 10 rings (SSSR count). The molecule has 0 amide bonds. The van der Waals surface area contributed by atoms with Gasteiger partial charge in [0.25, 0.3) is 6.71 Å². The van der Waals surface area contributed by atoms with Crippen LogP contribution in [0.1, 0.15) is 166 Å². The Morgan fingerprint density at radius 1 is 0.590 bits per heavy atom. The SMILES string of the molecule is Cc1ccc(N2c3cc4c(cc3B3c5sc6cc7c(cc6c5N(c5ccc(C(C)(C)C)cc5)c5cc(C(C)C)cc2c53)C(C)(C)CCC7(C)C)C(C)(C)CCC4(C)C)c(C)c1. The van der Waals surface area contributed by atoms with Gasteiger partial charge >= 0.3 is 0 Å². The van der Waals surface area contributed by atoms with E-state index >= 15 is 0 Å². The Hall–Kier alpha value is -4.28. The molecule has 6 aromatic rings. The normalized spacial score (nSPS) is 19.0. The van der Waals surface area contributed by atoms with E-state index in [4.69, 9.17) is 0 Å². The minimum absolute atomic E-state index is 0.0670. The summed E-state index contributed by atoms with van der Waals surface area (Å²) in [7, 11) is 0. The van der Waals surface area contributed by atoms with E-state index in [-0.39, 0.29) is 33.8 Å². The number of fused-ring (bicyclic) bond motifs is 8. The Morgan fingerprint density at radius 3 is 1.69 bits per heavy atom. The van der Waals surface area contributed by atoms with Gasteiger partial charge in [0.1, 0.15) is 0 Å². The summed E-state index contributed by atoms with van der Waals surface area (Å²) in [4.78, 5) is 5.39. The van der Waals surface area contributed by atoms with Crippen molar-refractivity contribution in [1.29, 1.82) is 0 Å². The van der Waals surface area contributed by atoms with Crippen molar-refractivity contribution in [1.82, 2.24) is 0 Å². The van der Waals surface area contributed by atoms with Crippen LogP contribution < -0.4 is 25.5 Å². The van der Waals surface area contributed by atoms with Gasteiger partial charge in [-0.05, 0) is 171 Å². The molecule has 2 nitrogen and oxygen atoms in total. The number of anilines is 6. The minimum atomic E-state index is 0.0670. The maximum atomic E-state index is 2.70. The zero-order chi connectivity index (χ0) is 43.5. The summed E-state index contributed by atoms with van der Waals surface area (Å²) < 4.78 is 2.90. The maximum Gasteiger partial charge on any atom is 0.264 e. The molecule has 0 saturated carbocycles. The predicted molar refractivity (Wildman–Crippen MR) is 269 cm³/mol. The number of benzene rings is 5. The Bertz CT molecular complexity index is 2800. The van der Waals surface area contributed by atoms with Gasteiger partial charge in [0, 0.05) is 43.3 Å². The largest absolute Gasteiger partial charge is 0.311 e. The lowest BCUT2D eigenvalue weighted by molar-refractivity contribution is 0.332. The van der Waals surface area contributed by atoms with E-state index in [9.17, 15) is 0 Å². The van der Waals surface area contributed by atoms with Gasteiger partial charge in [-0.2, -0.15) is 0 Å². The Morgan fingerprint density at radius 2 is 1.13 bits per heavy atom. The van der Waals surface area contributed by atoms with Gasteiger partial charge < -0.3 is 9.80 Å². The molecule has 2 aliphatic heterocycles. The summed E-state index contributed by atoms with van der Waals surface area (Å²) in [5.41, 5.74) is 22.8. The first-order chi connectivity index (χ1) is 28.5. The van der Waals surface area contributed by atoms with E-state index in [1.54, 1.807) is 5.56 Å². The quantitative estimate of drug-likeness (QED) is 0.164. The highest BCUT2D eigenvalue weighted by Crippen LogP contribution is 2.54. The van der Waals surface area contributed by atoms with E-state index in [1.807, 2.05) is 0 Å². The summed E-state index contributed by atoms with van der Waals surface area (Å²) in [5.74, 6) is 0.353. The summed E-state index contributed by atoms with van der Waals surface area (Å²) in [6.45, 7) is 36.2. The second-order valence-electron chi connectivity index (χ2n) is 23.5. The van der Waals surface area contributed by atoms with Crippen LogP contribution in [0.4, 0.5) is 34.1 Å². The van der Waals surface area contributed by atoms with Crippen LogP contribution in [0.3, 0.4) is 0 Å². The van der Waals surface area contributed by atoms with Crippen LogP contribution in [0.5, 0.6) is 0 Å². The molecule has 5 aromatic carbocycles. The molecule has 0 fully saturated rings. The van der Waals surface area contributed by atoms with Crippen molar-refractivity contribution in [3.05, 3.63) is 123 Å². The smallest absolute Gasteiger partial charge is 0.264 e. The molecule has 0 bridgehead atoms. The lowest BCUT2D eigenvalue weighted by Crippen LogP contribution is -2.61. The molecular formula is C57H67BN2S. The van der Waals surface area contributed by atoms with Crippen molar-refractivity contribution in [2.75, 3.05) is 9.80 Å². The van der Waals surface area contributed by atoms with Crippen LogP contribution in [0, 0.1) is 13.8 Å². The Kier molecular flexibility index (Phi) is 8.78. The number of rotatable bonds is 3. The van der Waals surface area contributed by atoms with Gasteiger partial charge in [0.2, 0.25) is 0 Å². The maximum absolute atomic E-state index is 2.70. The fourth-order valence-corrected chi connectivity index (χ4v) is 13.0. The highest BCUT2D eigenvalue weighted by Gasteiger charge is 2.49. The fourth-order valence-electron chi connectivity index (χ4n) is 11.6. The van der Waals surface area contributed by atoms with Crippen molar-refractivity contribution in [3.63, 3.8) is 0 Å². The zero-order valence-electron chi connectivity index (χ0n) is 39.8. The lowest BCUT2D eigenvalue weighted by Gasteiger charge is -2.47. The van der Waals surface area contributed by atoms with Crippen LogP contribution in [-0.4, -0.2) is 6.71 Å². The summed E-state index contributed by atoms with van der Waals surface area (Å²) in [6, 6.07) is 32.5. The topological polar surface area (TPSA) is 6.48 Å². The van der Waals surface area contributed by atoms with E-state index in [1.165, 1.54) is 125 Å². The predicted octanol–water partition coefficient (Wildman–Crippen LogP) is 14.7. The van der Waals surface area contributed by atoms with Crippen LogP contribution in [0.15, 0.2) is 78.9 Å². The monoisotopic (exact) mass is 823 g/mol. The molecule has 2 aliphatic carbocycles. The molecule has 4 aliphatic rings. The number of nitrogens with zero attached hydrogens (tertiary/aromatic N) is 2. The first kappa shape index (κ1) is 40.8. The van der Waals surface area contributed by atoms with E-state index in [2.05, 4.69) is 204 Å². The summed E-state index contributed by atoms with van der Waals surface area (Å²) in [6.07, 6.45) is 4.80. The molecule has 0 atom stereocenters. The Balaban J connectivity index is 1.37. The van der Waals surface area contributed by atoms with Crippen LogP contribution >= 0.6 is 11.3 Å².